The molecule has 1 atom stereocenters. The summed E-state index contributed by atoms with van der Waals surface area (Å²) in [6.07, 6.45) is 1.69. The summed E-state index contributed by atoms with van der Waals surface area (Å²) in [5.74, 6) is 0.517. The Morgan fingerprint density at radius 2 is 2.25 bits per heavy atom. The average Bonchev–Trinajstić information content (AvgIpc) is 2.84. The van der Waals surface area contributed by atoms with Crippen LogP contribution in [0.25, 0.3) is 0 Å². The highest BCUT2D eigenvalue weighted by molar-refractivity contribution is 7.19. The predicted molar refractivity (Wildman–Crippen MR) is 72.0 cm³/mol. The minimum absolute atomic E-state index is 0.311. The number of nitrogens with zero attached hydrogens (tertiary/aromatic N) is 1. The summed E-state index contributed by atoms with van der Waals surface area (Å²) in [7, 11) is 0. The lowest BCUT2D eigenvalue weighted by Crippen LogP contribution is -2.15. The van der Waals surface area contributed by atoms with Gasteiger partial charge in [0.1, 0.15) is 5.00 Å². The van der Waals surface area contributed by atoms with Crippen molar-refractivity contribution in [1.29, 1.82) is 0 Å². The van der Waals surface area contributed by atoms with Crippen LogP contribution in [0.1, 0.15) is 24.8 Å². The lowest BCUT2D eigenvalue weighted by atomic mass is 10.0. The standard InChI is InChI=1S/C11H15N3S2/c1-7(2)10(8-4-3-5-15-8)14-11-13-6-9(12)16-11/h3-7,10H,12H2,1-2H3,(H,13,14). The lowest BCUT2D eigenvalue weighted by molar-refractivity contribution is 0.553. The van der Waals surface area contributed by atoms with Gasteiger partial charge in [0, 0.05) is 4.88 Å². The van der Waals surface area contributed by atoms with Crippen molar-refractivity contribution >= 4 is 32.8 Å². The van der Waals surface area contributed by atoms with Crippen LogP contribution >= 0.6 is 22.7 Å². The van der Waals surface area contributed by atoms with Gasteiger partial charge in [-0.15, -0.1) is 11.3 Å². The van der Waals surface area contributed by atoms with Gasteiger partial charge in [0.25, 0.3) is 0 Å². The zero-order valence-corrected chi connectivity index (χ0v) is 10.9. The molecule has 3 N–H and O–H groups in total. The van der Waals surface area contributed by atoms with E-state index in [0.717, 1.165) is 10.1 Å². The first-order chi connectivity index (χ1) is 7.66. The normalized spacial score (nSPS) is 12.9. The number of rotatable bonds is 4. The molecule has 2 aromatic rings. The van der Waals surface area contributed by atoms with Crippen LogP contribution in [-0.4, -0.2) is 4.98 Å². The number of nitrogens with two attached hydrogens (primary N) is 1. The van der Waals surface area contributed by atoms with E-state index in [9.17, 15) is 0 Å². The molecule has 86 valence electrons. The van der Waals surface area contributed by atoms with Gasteiger partial charge in [-0.25, -0.2) is 4.98 Å². The second-order valence-corrected chi connectivity index (χ2v) is 5.99. The molecule has 0 bridgehead atoms. The summed E-state index contributed by atoms with van der Waals surface area (Å²) in [5, 5.41) is 7.18. The molecular formula is C11H15N3S2. The van der Waals surface area contributed by atoms with Crippen LogP contribution < -0.4 is 11.1 Å². The maximum absolute atomic E-state index is 5.67. The summed E-state index contributed by atoms with van der Waals surface area (Å²) in [5.41, 5.74) is 5.67. The van der Waals surface area contributed by atoms with E-state index in [4.69, 9.17) is 5.73 Å². The molecule has 0 saturated heterocycles. The van der Waals surface area contributed by atoms with Gasteiger partial charge in [0.15, 0.2) is 5.13 Å². The Morgan fingerprint density at radius 3 is 2.75 bits per heavy atom. The van der Waals surface area contributed by atoms with Crippen molar-refractivity contribution in [1.82, 2.24) is 4.98 Å². The Morgan fingerprint density at radius 1 is 1.44 bits per heavy atom. The van der Waals surface area contributed by atoms with E-state index in [2.05, 4.69) is 41.7 Å². The molecule has 0 aliphatic carbocycles. The molecule has 0 radical (unpaired) electrons. The molecule has 0 amide bonds. The molecular weight excluding hydrogens is 238 g/mol. The van der Waals surface area contributed by atoms with Crippen LogP contribution in [-0.2, 0) is 0 Å². The number of hydrogen-bond acceptors (Lipinski definition) is 5. The van der Waals surface area contributed by atoms with E-state index in [1.165, 1.54) is 16.2 Å². The predicted octanol–water partition coefficient (Wildman–Crippen LogP) is 3.60. The second-order valence-electron chi connectivity index (χ2n) is 3.95. The van der Waals surface area contributed by atoms with Crippen LogP contribution in [0.4, 0.5) is 10.1 Å². The fraction of sp³-hybridized carbons (Fsp3) is 0.364. The summed E-state index contributed by atoms with van der Waals surface area (Å²) < 4.78 is 0. The molecule has 16 heavy (non-hydrogen) atoms. The highest BCUT2D eigenvalue weighted by Gasteiger charge is 2.17. The van der Waals surface area contributed by atoms with Crippen LogP contribution in [0.2, 0.25) is 0 Å². The third kappa shape index (κ3) is 2.54. The molecule has 2 heterocycles. The largest absolute Gasteiger partial charge is 0.389 e. The molecule has 0 aliphatic heterocycles. The van der Waals surface area contributed by atoms with Gasteiger partial charge >= 0.3 is 0 Å². The topological polar surface area (TPSA) is 50.9 Å². The van der Waals surface area contributed by atoms with Crippen molar-refractivity contribution in [2.45, 2.75) is 19.9 Å². The Kier molecular flexibility index (Phi) is 3.46. The summed E-state index contributed by atoms with van der Waals surface area (Å²) in [6, 6.07) is 4.54. The van der Waals surface area contributed by atoms with Crippen molar-refractivity contribution in [3.63, 3.8) is 0 Å². The Balaban J connectivity index is 2.15. The Labute approximate surface area is 103 Å². The van der Waals surface area contributed by atoms with Gasteiger partial charge in [0.2, 0.25) is 0 Å². The summed E-state index contributed by atoms with van der Waals surface area (Å²) >= 11 is 3.26. The molecule has 0 spiro atoms. The van der Waals surface area contributed by atoms with Crippen LogP contribution in [0.3, 0.4) is 0 Å². The number of nitrogen functional groups attached to an aromatic ring is 1. The third-order valence-corrected chi connectivity index (χ3v) is 4.03. The maximum atomic E-state index is 5.67. The number of thiazole rings is 1. The molecule has 1 unspecified atom stereocenters. The number of hydrogen-bond donors (Lipinski definition) is 2. The van der Waals surface area contributed by atoms with E-state index < -0.39 is 0 Å². The lowest BCUT2D eigenvalue weighted by Gasteiger charge is -2.20. The number of thiophene rings is 1. The van der Waals surface area contributed by atoms with Gasteiger partial charge in [-0.2, -0.15) is 0 Å². The summed E-state index contributed by atoms with van der Waals surface area (Å²) in [6.45, 7) is 4.41. The first-order valence-corrected chi connectivity index (χ1v) is 6.87. The van der Waals surface area contributed by atoms with E-state index in [-0.39, 0.29) is 0 Å². The monoisotopic (exact) mass is 253 g/mol. The molecule has 0 aromatic carbocycles. The van der Waals surface area contributed by atoms with Crippen molar-refractivity contribution in [2.75, 3.05) is 11.1 Å². The Hall–Kier alpha value is -1.07. The van der Waals surface area contributed by atoms with Crippen molar-refractivity contribution in [3.8, 4) is 0 Å². The minimum atomic E-state index is 0.311. The molecule has 0 saturated carbocycles. The molecule has 2 rings (SSSR count). The molecule has 5 heteroatoms. The second kappa shape index (κ2) is 4.84. The van der Waals surface area contributed by atoms with Crippen LogP contribution in [0.15, 0.2) is 23.7 Å². The maximum Gasteiger partial charge on any atom is 0.185 e. The Bertz CT molecular complexity index is 434. The van der Waals surface area contributed by atoms with Gasteiger partial charge in [-0.1, -0.05) is 31.3 Å². The number of anilines is 2. The first kappa shape index (κ1) is 11.4. The molecule has 0 aliphatic rings. The molecule has 0 fully saturated rings. The smallest absolute Gasteiger partial charge is 0.185 e. The van der Waals surface area contributed by atoms with E-state index >= 15 is 0 Å². The van der Waals surface area contributed by atoms with Gasteiger partial charge < -0.3 is 11.1 Å². The average molecular weight is 253 g/mol. The fourth-order valence-corrected chi connectivity index (χ4v) is 3.09. The number of aromatic nitrogens is 1. The van der Waals surface area contributed by atoms with Crippen LogP contribution in [0, 0.1) is 5.92 Å². The van der Waals surface area contributed by atoms with Gasteiger partial charge in [-0.05, 0) is 17.4 Å². The van der Waals surface area contributed by atoms with Crippen LogP contribution in [0.5, 0.6) is 0 Å². The quantitative estimate of drug-likeness (QED) is 0.875. The van der Waals surface area contributed by atoms with E-state index in [1.807, 2.05) is 0 Å². The highest BCUT2D eigenvalue weighted by Crippen LogP contribution is 2.31. The van der Waals surface area contributed by atoms with Gasteiger partial charge in [-0.3, -0.25) is 0 Å². The molecule has 2 aromatic heterocycles. The zero-order chi connectivity index (χ0) is 11.5. The zero-order valence-electron chi connectivity index (χ0n) is 9.31. The summed E-state index contributed by atoms with van der Waals surface area (Å²) in [4.78, 5) is 5.57. The van der Waals surface area contributed by atoms with E-state index in [0.29, 0.717) is 12.0 Å². The highest BCUT2D eigenvalue weighted by atomic mass is 32.1. The SMILES string of the molecule is CC(C)C(Nc1ncc(N)s1)c1cccs1. The fourth-order valence-electron chi connectivity index (χ4n) is 1.52. The first-order valence-electron chi connectivity index (χ1n) is 5.18. The van der Waals surface area contributed by atoms with Crippen molar-refractivity contribution < 1.29 is 0 Å². The molecule has 3 nitrogen and oxygen atoms in total. The van der Waals surface area contributed by atoms with Gasteiger partial charge in [0.05, 0.1) is 12.2 Å². The number of nitrogens with one attached hydrogen (secondary N) is 1. The third-order valence-electron chi connectivity index (χ3n) is 2.32. The van der Waals surface area contributed by atoms with Crippen molar-refractivity contribution in [2.24, 2.45) is 5.92 Å². The van der Waals surface area contributed by atoms with Crippen molar-refractivity contribution in [3.05, 3.63) is 28.6 Å². The van der Waals surface area contributed by atoms with E-state index in [1.54, 1.807) is 17.5 Å². The minimum Gasteiger partial charge on any atom is -0.389 e.